The largest absolute Gasteiger partial charge is 0.466 e. The van der Waals surface area contributed by atoms with Crippen LogP contribution in [-0.2, 0) is 11.3 Å². The van der Waals surface area contributed by atoms with Gasteiger partial charge in [0.25, 0.3) is 0 Å². The molecule has 3 rings (SSSR count). The number of nitrogens with zero attached hydrogens (tertiary/aromatic N) is 3. The van der Waals surface area contributed by atoms with Gasteiger partial charge in [0.1, 0.15) is 12.0 Å². The normalized spacial score (nSPS) is 22.1. The van der Waals surface area contributed by atoms with Crippen LogP contribution in [0, 0.1) is 0 Å². The van der Waals surface area contributed by atoms with Gasteiger partial charge in [0, 0.05) is 51.4 Å². The fourth-order valence-corrected chi connectivity index (χ4v) is 3.09. The average Bonchev–Trinajstić information content (AvgIpc) is 2.97. The number of hydrogen-bond acceptors (Lipinski definition) is 5. The van der Waals surface area contributed by atoms with E-state index in [4.69, 9.17) is 9.15 Å². The molecule has 0 bridgehead atoms. The molecule has 2 fully saturated rings. The van der Waals surface area contributed by atoms with Crippen molar-refractivity contribution < 1.29 is 9.15 Å². The number of hydrogen-bond donors (Lipinski definition) is 0. The van der Waals surface area contributed by atoms with Gasteiger partial charge >= 0.3 is 0 Å². The summed E-state index contributed by atoms with van der Waals surface area (Å²) in [6, 6.07) is 2.86. The van der Waals surface area contributed by atoms with E-state index in [0.29, 0.717) is 6.04 Å². The number of furan rings is 1. The lowest BCUT2D eigenvalue weighted by Crippen LogP contribution is -2.48. The summed E-state index contributed by atoms with van der Waals surface area (Å²) in [6.45, 7) is 13.6. The molecule has 0 amide bonds. The van der Waals surface area contributed by atoms with Gasteiger partial charge in [-0.25, -0.2) is 0 Å². The Bertz CT molecular complexity index is 432. The van der Waals surface area contributed by atoms with Crippen molar-refractivity contribution in [1.82, 2.24) is 9.80 Å². The summed E-state index contributed by atoms with van der Waals surface area (Å²) < 4.78 is 11.1. The lowest BCUT2D eigenvalue weighted by atomic mass is 10.2. The Morgan fingerprint density at radius 2 is 1.76 bits per heavy atom. The van der Waals surface area contributed by atoms with Gasteiger partial charge in [-0.15, -0.1) is 0 Å². The zero-order valence-electron chi connectivity index (χ0n) is 13.3. The predicted molar refractivity (Wildman–Crippen MR) is 83.7 cm³/mol. The van der Waals surface area contributed by atoms with Crippen molar-refractivity contribution in [3.8, 4) is 0 Å². The molecule has 0 atom stereocenters. The van der Waals surface area contributed by atoms with Gasteiger partial charge in [-0.05, 0) is 13.8 Å². The summed E-state index contributed by atoms with van der Waals surface area (Å²) in [5, 5.41) is 0. The molecule has 2 aliphatic heterocycles. The molecular weight excluding hydrogens is 266 g/mol. The monoisotopic (exact) mass is 293 g/mol. The third-order valence-corrected chi connectivity index (χ3v) is 4.53. The number of rotatable bonds is 4. The molecule has 2 saturated heterocycles. The van der Waals surface area contributed by atoms with Crippen LogP contribution < -0.4 is 4.90 Å². The van der Waals surface area contributed by atoms with E-state index in [1.54, 1.807) is 0 Å². The van der Waals surface area contributed by atoms with Gasteiger partial charge < -0.3 is 14.1 Å². The summed E-state index contributed by atoms with van der Waals surface area (Å²) in [5.74, 6) is 1.07. The molecule has 5 nitrogen and oxygen atoms in total. The number of piperazine rings is 1. The summed E-state index contributed by atoms with van der Waals surface area (Å²) in [5.41, 5.74) is 1.24. The van der Waals surface area contributed by atoms with Gasteiger partial charge in [-0.1, -0.05) is 0 Å². The third-order valence-electron chi connectivity index (χ3n) is 4.53. The zero-order chi connectivity index (χ0) is 14.7. The van der Waals surface area contributed by atoms with Crippen molar-refractivity contribution in [1.29, 1.82) is 0 Å². The second-order valence-corrected chi connectivity index (χ2v) is 6.28. The molecule has 2 aliphatic rings. The second-order valence-electron chi connectivity index (χ2n) is 6.28. The van der Waals surface area contributed by atoms with Crippen LogP contribution in [0.5, 0.6) is 0 Å². The molecular formula is C16H27N3O2. The Hall–Kier alpha value is -1.04. The van der Waals surface area contributed by atoms with E-state index in [0.717, 1.165) is 64.8 Å². The van der Waals surface area contributed by atoms with Crippen molar-refractivity contribution in [3.63, 3.8) is 0 Å². The summed E-state index contributed by atoms with van der Waals surface area (Å²) in [4.78, 5) is 7.36. The molecule has 0 unspecified atom stereocenters. The van der Waals surface area contributed by atoms with Crippen LogP contribution >= 0.6 is 0 Å². The lowest BCUT2D eigenvalue weighted by molar-refractivity contribution is 0.0313. The van der Waals surface area contributed by atoms with E-state index in [9.17, 15) is 0 Å². The van der Waals surface area contributed by atoms with Crippen LogP contribution in [0.25, 0.3) is 0 Å². The van der Waals surface area contributed by atoms with E-state index in [1.807, 2.05) is 6.26 Å². The SMILES string of the molecule is CC(C)N1CCN(c2coc(CN3CCOCC3)c2)CC1. The molecule has 0 spiro atoms. The number of ether oxygens (including phenoxy) is 1. The Labute approximate surface area is 127 Å². The predicted octanol–water partition coefficient (Wildman–Crippen LogP) is 1.64. The Morgan fingerprint density at radius 3 is 2.43 bits per heavy atom. The molecule has 0 N–H and O–H groups in total. The Kier molecular flexibility index (Phi) is 4.83. The smallest absolute Gasteiger partial charge is 0.119 e. The standard InChI is InChI=1S/C16H27N3O2/c1-14(2)18-3-5-19(6-4-18)15-11-16(21-13-15)12-17-7-9-20-10-8-17/h11,13-14H,3-10,12H2,1-2H3. The molecule has 0 aliphatic carbocycles. The fourth-order valence-electron chi connectivity index (χ4n) is 3.09. The molecule has 0 aromatic carbocycles. The molecule has 0 saturated carbocycles. The van der Waals surface area contributed by atoms with Gasteiger partial charge in [-0.2, -0.15) is 0 Å². The number of anilines is 1. The summed E-state index contributed by atoms with van der Waals surface area (Å²) in [6.07, 6.45) is 1.92. The summed E-state index contributed by atoms with van der Waals surface area (Å²) in [7, 11) is 0. The Balaban J connectivity index is 1.53. The molecule has 5 heteroatoms. The van der Waals surface area contributed by atoms with Crippen LogP contribution in [0.4, 0.5) is 5.69 Å². The second kappa shape index (κ2) is 6.81. The van der Waals surface area contributed by atoms with Crippen LogP contribution in [0.3, 0.4) is 0 Å². The van der Waals surface area contributed by atoms with Crippen molar-refractivity contribution in [3.05, 3.63) is 18.1 Å². The van der Waals surface area contributed by atoms with E-state index >= 15 is 0 Å². The molecule has 118 valence electrons. The topological polar surface area (TPSA) is 32.1 Å². The molecule has 0 radical (unpaired) electrons. The highest BCUT2D eigenvalue weighted by Crippen LogP contribution is 2.22. The molecule has 3 heterocycles. The average molecular weight is 293 g/mol. The summed E-state index contributed by atoms with van der Waals surface area (Å²) >= 11 is 0. The number of morpholine rings is 1. The van der Waals surface area contributed by atoms with Crippen LogP contribution in [-0.4, -0.2) is 68.3 Å². The highest BCUT2D eigenvalue weighted by molar-refractivity contribution is 5.45. The first-order chi connectivity index (χ1) is 10.2. The van der Waals surface area contributed by atoms with Crippen LogP contribution in [0.2, 0.25) is 0 Å². The maximum Gasteiger partial charge on any atom is 0.119 e. The van der Waals surface area contributed by atoms with E-state index < -0.39 is 0 Å². The fraction of sp³-hybridized carbons (Fsp3) is 0.750. The first-order valence-corrected chi connectivity index (χ1v) is 8.09. The minimum Gasteiger partial charge on any atom is -0.466 e. The zero-order valence-corrected chi connectivity index (χ0v) is 13.3. The van der Waals surface area contributed by atoms with Crippen LogP contribution in [0.1, 0.15) is 19.6 Å². The minimum atomic E-state index is 0.647. The van der Waals surface area contributed by atoms with E-state index in [-0.39, 0.29) is 0 Å². The third kappa shape index (κ3) is 3.78. The maximum absolute atomic E-state index is 5.76. The molecule has 1 aromatic rings. The first kappa shape index (κ1) is 14.9. The van der Waals surface area contributed by atoms with E-state index in [2.05, 4.69) is 34.6 Å². The first-order valence-electron chi connectivity index (χ1n) is 8.09. The quantitative estimate of drug-likeness (QED) is 0.842. The van der Waals surface area contributed by atoms with Gasteiger partial charge in [-0.3, -0.25) is 9.80 Å². The van der Waals surface area contributed by atoms with Gasteiger partial charge in [0.05, 0.1) is 25.4 Å². The van der Waals surface area contributed by atoms with E-state index in [1.165, 1.54) is 5.69 Å². The highest BCUT2D eigenvalue weighted by Gasteiger charge is 2.20. The van der Waals surface area contributed by atoms with Gasteiger partial charge in [0.15, 0.2) is 0 Å². The maximum atomic E-state index is 5.76. The van der Waals surface area contributed by atoms with Crippen LogP contribution in [0.15, 0.2) is 16.7 Å². The van der Waals surface area contributed by atoms with Crippen molar-refractivity contribution in [2.24, 2.45) is 0 Å². The minimum absolute atomic E-state index is 0.647. The van der Waals surface area contributed by atoms with Gasteiger partial charge in [0.2, 0.25) is 0 Å². The lowest BCUT2D eigenvalue weighted by Gasteiger charge is -2.37. The Morgan fingerprint density at radius 1 is 1.05 bits per heavy atom. The molecule has 21 heavy (non-hydrogen) atoms. The van der Waals surface area contributed by atoms with Crippen molar-refractivity contribution in [2.45, 2.75) is 26.4 Å². The van der Waals surface area contributed by atoms with Crippen molar-refractivity contribution in [2.75, 3.05) is 57.4 Å². The van der Waals surface area contributed by atoms with Crippen molar-refractivity contribution >= 4 is 5.69 Å². The highest BCUT2D eigenvalue weighted by atomic mass is 16.5. The molecule has 1 aromatic heterocycles.